The van der Waals surface area contributed by atoms with E-state index in [-0.39, 0.29) is 5.41 Å². The highest BCUT2D eigenvalue weighted by molar-refractivity contribution is 5.55. The molecule has 2 aromatic heterocycles. The van der Waals surface area contributed by atoms with Crippen LogP contribution in [-0.4, -0.2) is 32.9 Å². The Morgan fingerprint density at radius 3 is 2.92 bits per heavy atom. The van der Waals surface area contributed by atoms with Crippen LogP contribution < -0.4 is 0 Å². The second-order valence-corrected chi connectivity index (χ2v) is 6.64. The van der Waals surface area contributed by atoms with E-state index in [0.717, 1.165) is 30.8 Å². The Morgan fingerprint density at radius 1 is 1.32 bits per heavy atom. The number of imidazole rings is 1. The Balaban J connectivity index is 1.55. The molecule has 0 amide bonds. The number of hydrogen-bond acceptors (Lipinski definition) is 5. The van der Waals surface area contributed by atoms with Crippen molar-refractivity contribution in [2.45, 2.75) is 38.6 Å². The van der Waals surface area contributed by atoms with Crippen LogP contribution in [0.3, 0.4) is 0 Å². The van der Waals surface area contributed by atoms with Crippen molar-refractivity contribution in [1.82, 2.24) is 19.7 Å². The maximum Gasteiger partial charge on any atom is 0.235 e. The molecule has 0 aliphatic heterocycles. The van der Waals surface area contributed by atoms with Crippen LogP contribution in [0.15, 0.2) is 41.2 Å². The Kier molecular flexibility index (Phi) is 4.13. The summed E-state index contributed by atoms with van der Waals surface area (Å²) < 4.78 is 13.2. The Morgan fingerprint density at radius 2 is 2.20 bits per heavy atom. The van der Waals surface area contributed by atoms with Crippen molar-refractivity contribution >= 4 is 0 Å². The Hall–Kier alpha value is -2.47. The minimum atomic E-state index is -0.0627. The molecule has 0 unspecified atom stereocenters. The third-order valence-electron chi connectivity index (χ3n) is 4.78. The molecule has 130 valence electrons. The Bertz CT molecular complexity index is 864. The summed E-state index contributed by atoms with van der Waals surface area (Å²) in [6.45, 7) is 6.15. The van der Waals surface area contributed by atoms with E-state index >= 15 is 0 Å². The van der Waals surface area contributed by atoms with Crippen LogP contribution in [0.5, 0.6) is 0 Å². The summed E-state index contributed by atoms with van der Waals surface area (Å²) in [7, 11) is 0. The maximum absolute atomic E-state index is 5.58. The number of aromatic nitrogens is 4. The quantitative estimate of drug-likeness (QED) is 0.661. The number of aryl methyl sites for hydroxylation is 1. The fourth-order valence-corrected chi connectivity index (χ4v) is 3.00. The lowest BCUT2D eigenvalue weighted by Crippen LogP contribution is -2.15. The molecule has 1 aliphatic rings. The maximum atomic E-state index is 5.58. The van der Waals surface area contributed by atoms with Gasteiger partial charge < -0.3 is 13.8 Å². The number of hydrogen-bond donors (Lipinski definition) is 0. The molecule has 1 saturated carbocycles. The van der Waals surface area contributed by atoms with Crippen LogP contribution in [0, 0.1) is 6.92 Å². The largest absolute Gasteiger partial charge is 0.381 e. The molecule has 3 aromatic rings. The van der Waals surface area contributed by atoms with Gasteiger partial charge in [0.05, 0.1) is 12.0 Å². The second kappa shape index (κ2) is 6.44. The molecular formula is C19H22N4O2. The average molecular weight is 338 g/mol. The molecule has 6 heteroatoms. The van der Waals surface area contributed by atoms with E-state index < -0.39 is 0 Å². The van der Waals surface area contributed by atoms with Crippen LogP contribution in [0.25, 0.3) is 11.4 Å². The molecule has 0 atom stereocenters. The molecule has 1 aliphatic carbocycles. The topological polar surface area (TPSA) is 66.0 Å². The van der Waals surface area contributed by atoms with Gasteiger partial charge in [0.15, 0.2) is 0 Å². The third-order valence-corrected chi connectivity index (χ3v) is 4.78. The normalized spacial score (nSPS) is 15.4. The lowest BCUT2D eigenvalue weighted by atomic mass is 10.1. The van der Waals surface area contributed by atoms with Gasteiger partial charge >= 0.3 is 0 Å². The summed E-state index contributed by atoms with van der Waals surface area (Å²) in [4.78, 5) is 8.91. The van der Waals surface area contributed by atoms with E-state index in [4.69, 9.17) is 9.26 Å². The van der Waals surface area contributed by atoms with Crippen LogP contribution in [0.4, 0.5) is 0 Å². The van der Waals surface area contributed by atoms with Crippen molar-refractivity contribution in [1.29, 1.82) is 0 Å². The fraction of sp³-hybridized carbons (Fsp3) is 0.421. The molecular weight excluding hydrogens is 316 g/mol. The molecule has 6 nitrogen and oxygen atoms in total. The number of nitrogens with zero attached hydrogens (tertiary/aromatic N) is 4. The van der Waals surface area contributed by atoms with Crippen LogP contribution >= 0.6 is 0 Å². The summed E-state index contributed by atoms with van der Waals surface area (Å²) >= 11 is 0. The molecule has 0 saturated heterocycles. The Labute approximate surface area is 146 Å². The SMILES string of the molecule is CCOCC1(c2nc(-c3cccc(Cn4ccnc4C)c3)no2)CC1. The van der Waals surface area contributed by atoms with Crippen molar-refractivity contribution in [3.05, 3.63) is 53.9 Å². The zero-order chi connectivity index (χ0) is 17.3. The molecule has 25 heavy (non-hydrogen) atoms. The molecule has 0 bridgehead atoms. The van der Waals surface area contributed by atoms with Crippen molar-refractivity contribution in [3.63, 3.8) is 0 Å². The first-order valence-corrected chi connectivity index (χ1v) is 8.69. The van der Waals surface area contributed by atoms with E-state index in [9.17, 15) is 0 Å². The minimum absolute atomic E-state index is 0.0627. The molecule has 1 aromatic carbocycles. The lowest BCUT2D eigenvalue weighted by Gasteiger charge is -2.08. The van der Waals surface area contributed by atoms with Gasteiger partial charge in [0.1, 0.15) is 5.82 Å². The van der Waals surface area contributed by atoms with Gasteiger partial charge in [-0.05, 0) is 38.3 Å². The van der Waals surface area contributed by atoms with E-state index in [0.29, 0.717) is 24.9 Å². The molecule has 2 heterocycles. The zero-order valence-electron chi connectivity index (χ0n) is 14.6. The van der Waals surface area contributed by atoms with E-state index in [1.807, 2.05) is 38.4 Å². The van der Waals surface area contributed by atoms with Crippen LogP contribution in [0.2, 0.25) is 0 Å². The zero-order valence-corrected chi connectivity index (χ0v) is 14.6. The highest BCUT2D eigenvalue weighted by Gasteiger charge is 2.49. The summed E-state index contributed by atoms with van der Waals surface area (Å²) in [6.07, 6.45) is 5.90. The van der Waals surface area contributed by atoms with E-state index in [1.165, 1.54) is 5.56 Å². The lowest BCUT2D eigenvalue weighted by molar-refractivity contribution is 0.114. The summed E-state index contributed by atoms with van der Waals surface area (Å²) in [6, 6.07) is 8.25. The fourth-order valence-electron chi connectivity index (χ4n) is 3.00. The molecule has 0 spiro atoms. The van der Waals surface area contributed by atoms with E-state index in [1.54, 1.807) is 0 Å². The van der Waals surface area contributed by atoms with Gasteiger partial charge in [-0.3, -0.25) is 0 Å². The number of rotatable bonds is 7. The van der Waals surface area contributed by atoms with Gasteiger partial charge in [0, 0.05) is 31.1 Å². The van der Waals surface area contributed by atoms with Gasteiger partial charge in [-0.2, -0.15) is 4.98 Å². The predicted molar refractivity (Wildman–Crippen MR) is 93.2 cm³/mol. The van der Waals surface area contributed by atoms with Crippen LogP contribution in [-0.2, 0) is 16.7 Å². The van der Waals surface area contributed by atoms with Gasteiger partial charge in [-0.25, -0.2) is 4.98 Å². The van der Waals surface area contributed by atoms with Gasteiger partial charge in [-0.1, -0.05) is 23.4 Å². The summed E-state index contributed by atoms with van der Waals surface area (Å²) in [5.41, 5.74) is 2.09. The van der Waals surface area contributed by atoms with Crippen molar-refractivity contribution in [2.24, 2.45) is 0 Å². The monoisotopic (exact) mass is 338 g/mol. The number of ether oxygens (including phenoxy) is 1. The minimum Gasteiger partial charge on any atom is -0.381 e. The van der Waals surface area contributed by atoms with Crippen molar-refractivity contribution in [2.75, 3.05) is 13.2 Å². The third kappa shape index (κ3) is 3.22. The predicted octanol–water partition coefficient (Wildman–Crippen LogP) is 3.36. The first-order chi connectivity index (χ1) is 12.2. The highest BCUT2D eigenvalue weighted by Crippen LogP contribution is 2.47. The summed E-state index contributed by atoms with van der Waals surface area (Å²) in [5.74, 6) is 2.34. The molecule has 0 N–H and O–H groups in total. The molecule has 0 radical (unpaired) electrons. The van der Waals surface area contributed by atoms with Crippen molar-refractivity contribution < 1.29 is 9.26 Å². The second-order valence-electron chi connectivity index (χ2n) is 6.64. The van der Waals surface area contributed by atoms with Gasteiger partial charge in [-0.15, -0.1) is 0 Å². The molecule has 1 fully saturated rings. The number of benzene rings is 1. The molecule has 4 rings (SSSR count). The standard InChI is InChI=1S/C19H22N4O2/c1-3-24-13-19(7-8-19)18-21-17(22-25-18)16-6-4-5-15(11-16)12-23-10-9-20-14(23)2/h4-6,9-11H,3,7-8,12-13H2,1-2H3. The van der Waals surface area contributed by atoms with Gasteiger partial charge in [0.25, 0.3) is 0 Å². The average Bonchev–Trinajstić information content (AvgIpc) is 3.05. The highest BCUT2D eigenvalue weighted by atomic mass is 16.5. The first kappa shape index (κ1) is 16.0. The smallest absolute Gasteiger partial charge is 0.235 e. The first-order valence-electron chi connectivity index (χ1n) is 8.69. The van der Waals surface area contributed by atoms with E-state index in [2.05, 4.69) is 31.8 Å². The van der Waals surface area contributed by atoms with Crippen molar-refractivity contribution in [3.8, 4) is 11.4 Å². The van der Waals surface area contributed by atoms with Gasteiger partial charge in [0.2, 0.25) is 11.7 Å². The summed E-state index contributed by atoms with van der Waals surface area (Å²) in [5, 5.41) is 4.20. The van der Waals surface area contributed by atoms with Crippen LogP contribution in [0.1, 0.15) is 37.0 Å².